The molecule has 0 aliphatic rings. The Labute approximate surface area is 183 Å². The van der Waals surface area contributed by atoms with Crippen molar-refractivity contribution in [1.82, 2.24) is 4.40 Å². The summed E-state index contributed by atoms with van der Waals surface area (Å²) in [5.41, 5.74) is 2.33. The number of aromatic nitrogens is 1. The lowest BCUT2D eigenvalue weighted by molar-refractivity contribution is 0.0556. The van der Waals surface area contributed by atoms with Gasteiger partial charge in [-0.05, 0) is 48.9 Å². The normalized spacial score (nSPS) is 10.7. The number of ether oxygens (including phenoxy) is 2. The fourth-order valence-corrected chi connectivity index (χ4v) is 3.92. The van der Waals surface area contributed by atoms with E-state index in [0.29, 0.717) is 16.6 Å². The van der Waals surface area contributed by atoms with Gasteiger partial charge in [-0.15, -0.1) is 0 Å². The maximum Gasteiger partial charge on any atom is 0.341 e. The maximum absolute atomic E-state index is 13.7. The maximum atomic E-state index is 13.7. The number of hydrogen-bond acceptors (Lipinski definition) is 6. The largest absolute Gasteiger partial charge is 0.465 e. The summed E-state index contributed by atoms with van der Waals surface area (Å²) in [6, 6.07) is 17.2. The molecule has 2 aromatic heterocycles. The molecule has 0 saturated carbocycles. The summed E-state index contributed by atoms with van der Waals surface area (Å²) in [7, 11) is 2.40. The predicted octanol–water partition coefficient (Wildman–Crippen LogP) is 4.08. The molecule has 0 bridgehead atoms. The SMILES string of the molecule is COC(=O)c1c(C(=O)OC)c2cc(C)c3ccccc3n2c1C(=O)c1ccc(C#N)cc1. The van der Waals surface area contributed by atoms with Gasteiger partial charge in [0.15, 0.2) is 0 Å². The molecule has 0 aliphatic heterocycles. The molecule has 0 fully saturated rings. The lowest BCUT2D eigenvalue weighted by Crippen LogP contribution is -2.15. The second kappa shape index (κ2) is 8.00. The smallest absolute Gasteiger partial charge is 0.341 e. The number of methoxy groups -OCH3 is 2. The van der Waals surface area contributed by atoms with Gasteiger partial charge < -0.3 is 13.9 Å². The molecule has 0 N–H and O–H groups in total. The second-order valence-electron chi connectivity index (χ2n) is 7.17. The minimum atomic E-state index is -0.826. The van der Waals surface area contributed by atoms with E-state index in [1.807, 2.05) is 37.3 Å². The Morgan fingerprint density at radius 2 is 1.50 bits per heavy atom. The molecule has 7 heteroatoms. The van der Waals surface area contributed by atoms with Gasteiger partial charge in [0, 0.05) is 10.9 Å². The number of para-hydroxylation sites is 1. The monoisotopic (exact) mass is 426 g/mol. The molecule has 2 heterocycles. The minimum absolute atomic E-state index is 0.00634. The van der Waals surface area contributed by atoms with Crippen molar-refractivity contribution in [3.63, 3.8) is 0 Å². The Kier molecular flexibility index (Phi) is 5.21. The standard InChI is InChI=1S/C25H18N2O5/c1-14-12-19-20(24(29)31-2)21(25(30)32-3)22(27(19)18-7-5-4-6-17(14)18)23(28)16-10-8-15(13-26)9-11-16/h4-12H,1-3H3. The number of esters is 2. The Balaban J connectivity index is 2.19. The van der Waals surface area contributed by atoms with Gasteiger partial charge in [-0.2, -0.15) is 5.26 Å². The number of benzene rings is 2. The zero-order chi connectivity index (χ0) is 23.0. The highest BCUT2D eigenvalue weighted by molar-refractivity contribution is 6.20. The van der Waals surface area contributed by atoms with Crippen molar-refractivity contribution < 1.29 is 23.9 Å². The van der Waals surface area contributed by atoms with Crippen LogP contribution in [0.25, 0.3) is 16.4 Å². The predicted molar refractivity (Wildman–Crippen MR) is 117 cm³/mol. The molecule has 0 amide bonds. The molecule has 4 rings (SSSR count). The van der Waals surface area contributed by atoms with E-state index in [-0.39, 0.29) is 22.4 Å². The van der Waals surface area contributed by atoms with E-state index in [1.54, 1.807) is 10.5 Å². The third-order valence-electron chi connectivity index (χ3n) is 5.40. The molecule has 2 aromatic carbocycles. The molecule has 4 aromatic rings. The van der Waals surface area contributed by atoms with Gasteiger partial charge in [-0.1, -0.05) is 18.2 Å². The number of nitrogens with zero attached hydrogens (tertiary/aromatic N) is 2. The average Bonchev–Trinajstić information content (AvgIpc) is 3.17. The first-order valence-electron chi connectivity index (χ1n) is 9.71. The van der Waals surface area contributed by atoms with Crippen LogP contribution in [-0.4, -0.2) is 36.3 Å². The molecule has 0 unspecified atom stereocenters. The molecule has 0 atom stereocenters. The van der Waals surface area contributed by atoms with Crippen molar-refractivity contribution in [2.45, 2.75) is 6.92 Å². The number of fused-ring (bicyclic) bond motifs is 3. The van der Waals surface area contributed by atoms with Crippen molar-refractivity contribution in [2.75, 3.05) is 14.2 Å². The Bertz CT molecular complexity index is 1460. The van der Waals surface area contributed by atoms with E-state index in [9.17, 15) is 14.4 Å². The van der Waals surface area contributed by atoms with Crippen molar-refractivity contribution in [3.05, 3.63) is 88.1 Å². The first-order chi connectivity index (χ1) is 15.4. The van der Waals surface area contributed by atoms with Gasteiger partial charge >= 0.3 is 11.9 Å². The Morgan fingerprint density at radius 1 is 0.875 bits per heavy atom. The number of carbonyl (C=O) groups is 3. The number of hydrogen-bond donors (Lipinski definition) is 0. The van der Waals surface area contributed by atoms with Crippen LogP contribution in [-0.2, 0) is 9.47 Å². The van der Waals surface area contributed by atoms with Crippen LogP contribution in [0, 0.1) is 18.3 Å². The van der Waals surface area contributed by atoms with Crippen LogP contribution in [0.5, 0.6) is 0 Å². The van der Waals surface area contributed by atoms with Crippen LogP contribution in [0.1, 0.15) is 47.9 Å². The summed E-state index contributed by atoms with van der Waals surface area (Å²) in [5.74, 6) is -2.07. The summed E-state index contributed by atoms with van der Waals surface area (Å²) in [6.45, 7) is 1.89. The minimum Gasteiger partial charge on any atom is -0.465 e. The van der Waals surface area contributed by atoms with Crippen LogP contribution < -0.4 is 0 Å². The molecule has 7 nitrogen and oxygen atoms in total. The zero-order valence-electron chi connectivity index (χ0n) is 17.6. The van der Waals surface area contributed by atoms with Crippen LogP contribution in [0.4, 0.5) is 0 Å². The highest BCUT2D eigenvalue weighted by Gasteiger charge is 2.34. The van der Waals surface area contributed by atoms with E-state index in [0.717, 1.165) is 10.9 Å². The lowest BCUT2D eigenvalue weighted by atomic mass is 10.0. The van der Waals surface area contributed by atoms with Gasteiger partial charge in [-0.25, -0.2) is 9.59 Å². The van der Waals surface area contributed by atoms with Crippen molar-refractivity contribution >= 4 is 34.1 Å². The average molecular weight is 426 g/mol. The van der Waals surface area contributed by atoms with E-state index in [1.165, 1.54) is 38.5 Å². The van der Waals surface area contributed by atoms with Gasteiger partial charge in [0.2, 0.25) is 5.78 Å². The van der Waals surface area contributed by atoms with Gasteiger partial charge in [0.25, 0.3) is 0 Å². The highest BCUT2D eigenvalue weighted by Crippen LogP contribution is 2.33. The number of pyridine rings is 1. The fourth-order valence-electron chi connectivity index (χ4n) is 3.92. The third-order valence-corrected chi connectivity index (χ3v) is 5.40. The Morgan fingerprint density at radius 3 is 2.12 bits per heavy atom. The third kappa shape index (κ3) is 3.10. The number of nitriles is 1. The summed E-state index contributed by atoms with van der Waals surface area (Å²) >= 11 is 0. The first-order valence-corrected chi connectivity index (χ1v) is 9.71. The summed E-state index contributed by atoms with van der Waals surface area (Å²) in [6.07, 6.45) is 0. The van der Waals surface area contributed by atoms with Crippen molar-refractivity contribution in [3.8, 4) is 6.07 Å². The number of ketones is 1. The molecule has 0 saturated heterocycles. The van der Waals surface area contributed by atoms with E-state index < -0.39 is 17.7 Å². The fraction of sp³-hybridized carbons (Fsp3) is 0.120. The number of aryl methyl sites for hydroxylation is 1. The van der Waals surface area contributed by atoms with Crippen molar-refractivity contribution in [2.24, 2.45) is 0 Å². The van der Waals surface area contributed by atoms with Crippen LogP contribution in [0.3, 0.4) is 0 Å². The van der Waals surface area contributed by atoms with Gasteiger partial charge in [-0.3, -0.25) is 4.79 Å². The zero-order valence-corrected chi connectivity index (χ0v) is 17.6. The summed E-state index contributed by atoms with van der Waals surface area (Å²) in [4.78, 5) is 39.3. The molecule has 0 radical (unpaired) electrons. The molecule has 32 heavy (non-hydrogen) atoms. The lowest BCUT2D eigenvalue weighted by Gasteiger charge is -2.10. The first kappa shape index (κ1) is 20.8. The van der Waals surface area contributed by atoms with Crippen molar-refractivity contribution in [1.29, 1.82) is 5.26 Å². The molecule has 0 spiro atoms. The second-order valence-corrected chi connectivity index (χ2v) is 7.17. The Hall–Kier alpha value is -4.44. The van der Waals surface area contributed by atoms with Crippen LogP contribution >= 0.6 is 0 Å². The van der Waals surface area contributed by atoms with Crippen LogP contribution in [0.15, 0.2) is 54.6 Å². The highest BCUT2D eigenvalue weighted by atomic mass is 16.5. The topological polar surface area (TPSA) is 97.9 Å². The molecular formula is C25H18N2O5. The quantitative estimate of drug-likeness (QED) is 0.360. The van der Waals surface area contributed by atoms with E-state index in [2.05, 4.69) is 0 Å². The van der Waals surface area contributed by atoms with E-state index in [4.69, 9.17) is 14.7 Å². The van der Waals surface area contributed by atoms with E-state index >= 15 is 0 Å². The molecular weight excluding hydrogens is 408 g/mol. The van der Waals surface area contributed by atoms with Gasteiger partial charge in [0.05, 0.1) is 36.9 Å². The summed E-state index contributed by atoms with van der Waals surface area (Å²) < 4.78 is 11.5. The number of carbonyl (C=O) groups excluding carboxylic acids is 3. The molecule has 0 aliphatic carbocycles. The molecule has 158 valence electrons. The van der Waals surface area contributed by atoms with Gasteiger partial charge in [0.1, 0.15) is 16.8 Å². The van der Waals surface area contributed by atoms with Crippen LogP contribution in [0.2, 0.25) is 0 Å². The number of rotatable bonds is 4. The summed E-state index contributed by atoms with van der Waals surface area (Å²) in [5, 5.41) is 9.92.